The Hall–Kier alpha value is -1.48. The largest absolute Gasteiger partial charge is 0.392 e. The average Bonchev–Trinajstić information content (AvgIpc) is 2.17. The number of hydrogen-bond donors (Lipinski definition) is 2. The molecule has 0 spiro atoms. The lowest BCUT2D eigenvalue weighted by Gasteiger charge is -1.99. The smallest absolute Gasteiger partial charge is 0.0850 e. The Morgan fingerprint density at radius 1 is 1.42 bits per heavy atom. The molecule has 3 nitrogen and oxygen atoms in total. The van der Waals surface area contributed by atoms with Gasteiger partial charge in [0.25, 0.3) is 0 Å². The summed E-state index contributed by atoms with van der Waals surface area (Å²) in [5.41, 5.74) is 8.80. The number of nitrogens with zero attached hydrogens (tertiary/aromatic N) is 1. The molecule has 0 heterocycles. The molecule has 0 bridgehead atoms. The van der Waals surface area contributed by atoms with Crippen molar-refractivity contribution in [2.24, 2.45) is 5.11 Å². The molecule has 0 aliphatic carbocycles. The molecule has 0 radical (unpaired) electrons. The van der Waals surface area contributed by atoms with E-state index in [9.17, 15) is 0 Å². The fourth-order valence-corrected chi connectivity index (χ4v) is 0.867. The predicted octanol–water partition coefficient (Wildman–Crippen LogP) is 2.18. The Bertz CT molecular complexity index is 290. The summed E-state index contributed by atoms with van der Waals surface area (Å²) in [5, 5.41) is 11.9. The molecule has 12 heavy (non-hydrogen) atoms. The van der Waals surface area contributed by atoms with Gasteiger partial charge in [0.15, 0.2) is 0 Å². The second-order valence-electron chi connectivity index (χ2n) is 2.41. The number of benzene rings is 1. The Labute approximate surface area is 70.9 Å². The summed E-state index contributed by atoms with van der Waals surface area (Å²) in [6, 6.07) is 7.13. The Morgan fingerprint density at radius 3 is 2.42 bits per heavy atom. The molecule has 0 aliphatic heterocycles. The van der Waals surface area contributed by atoms with Crippen molar-refractivity contribution in [3.05, 3.63) is 42.0 Å². The van der Waals surface area contributed by atoms with Crippen molar-refractivity contribution < 1.29 is 5.11 Å². The van der Waals surface area contributed by atoms with Crippen LogP contribution in [-0.4, -0.2) is 5.11 Å². The summed E-state index contributed by atoms with van der Waals surface area (Å²) in [4.78, 5) is 0. The van der Waals surface area contributed by atoms with Crippen molar-refractivity contribution in [3.63, 3.8) is 0 Å². The van der Waals surface area contributed by atoms with E-state index < -0.39 is 0 Å². The molecule has 0 saturated carbocycles. The minimum atomic E-state index is 0.0325. The van der Waals surface area contributed by atoms with E-state index in [1.807, 2.05) is 0 Å². The standard InChI is InChI=1S/C9H10N2O/c1-7(11-10)9-4-2-8(6-12)3-5-9/h2-5,10,12H,1,6H2. The maximum absolute atomic E-state index is 8.74. The Kier molecular flexibility index (Phi) is 2.71. The zero-order chi connectivity index (χ0) is 8.97. The molecule has 0 aromatic heterocycles. The van der Waals surface area contributed by atoms with E-state index in [2.05, 4.69) is 11.7 Å². The molecule has 62 valence electrons. The van der Waals surface area contributed by atoms with Crippen LogP contribution >= 0.6 is 0 Å². The second-order valence-corrected chi connectivity index (χ2v) is 2.41. The van der Waals surface area contributed by atoms with Crippen LogP contribution in [-0.2, 0) is 6.61 Å². The van der Waals surface area contributed by atoms with E-state index in [4.69, 9.17) is 10.6 Å². The van der Waals surface area contributed by atoms with Crippen LogP contribution in [0.4, 0.5) is 0 Å². The molecule has 0 saturated heterocycles. The van der Waals surface area contributed by atoms with Gasteiger partial charge in [-0.15, -0.1) is 0 Å². The van der Waals surface area contributed by atoms with Gasteiger partial charge >= 0.3 is 0 Å². The first-order valence-electron chi connectivity index (χ1n) is 3.54. The molecule has 1 rings (SSSR count). The fourth-order valence-electron chi connectivity index (χ4n) is 0.867. The van der Waals surface area contributed by atoms with Crippen molar-refractivity contribution in [1.29, 1.82) is 5.53 Å². The summed E-state index contributed by atoms with van der Waals surface area (Å²) >= 11 is 0. The summed E-state index contributed by atoms with van der Waals surface area (Å²) in [7, 11) is 0. The van der Waals surface area contributed by atoms with Crippen LogP contribution in [0.15, 0.2) is 36.0 Å². The number of rotatable bonds is 3. The summed E-state index contributed by atoms with van der Waals surface area (Å²) < 4.78 is 0. The van der Waals surface area contributed by atoms with Gasteiger partial charge in [0, 0.05) is 5.56 Å². The first-order valence-corrected chi connectivity index (χ1v) is 3.54. The average molecular weight is 162 g/mol. The molecule has 2 N–H and O–H groups in total. The van der Waals surface area contributed by atoms with Crippen LogP contribution < -0.4 is 0 Å². The highest BCUT2D eigenvalue weighted by Crippen LogP contribution is 2.13. The number of hydrogen-bond acceptors (Lipinski definition) is 3. The van der Waals surface area contributed by atoms with Crippen LogP contribution in [0.5, 0.6) is 0 Å². The maximum Gasteiger partial charge on any atom is 0.0850 e. The van der Waals surface area contributed by atoms with E-state index in [1.165, 1.54) is 0 Å². The molecular formula is C9H10N2O. The van der Waals surface area contributed by atoms with Crippen molar-refractivity contribution in [2.75, 3.05) is 0 Å². The SMILES string of the molecule is C=C(N=N)c1ccc(CO)cc1. The first kappa shape index (κ1) is 8.62. The molecular weight excluding hydrogens is 152 g/mol. The molecule has 1 aromatic carbocycles. The third-order valence-electron chi connectivity index (χ3n) is 1.60. The van der Waals surface area contributed by atoms with Crippen molar-refractivity contribution in [2.45, 2.75) is 6.61 Å². The van der Waals surface area contributed by atoms with Gasteiger partial charge in [0.2, 0.25) is 0 Å². The van der Waals surface area contributed by atoms with E-state index in [1.54, 1.807) is 24.3 Å². The van der Waals surface area contributed by atoms with Gasteiger partial charge in [-0.05, 0) is 5.56 Å². The van der Waals surface area contributed by atoms with E-state index in [0.29, 0.717) is 5.70 Å². The van der Waals surface area contributed by atoms with Crippen molar-refractivity contribution in [3.8, 4) is 0 Å². The van der Waals surface area contributed by atoms with Crippen molar-refractivity contribution >= 4 is 5.70 Å². The maximum atomic E-state index is 8.74. The Balaban J connectivity index is 2.91. The summed E-state index contributed by atoms with van der Waals surface area (Å²) in [5.74, 6) is 0. The first-order chi connectivity index (χ1) is 5.77. The number of aliphatic hydroxyl groups excluding tert-OH is 1. The zero-order valence-corrected chi connectivity index (χ0v) is 6.62. The van der Waals surface area contributed by atoms with Gasteiger partial charge in [0.05, 0.1) is 12.3 Å². The molecule has 0 amide bonds. The van der Waals surface area contributed by atoms with Gasteiger partial charge < -0.3 is 5.11 Å². The van der Waals surface area contributed by atoms with Crippen LogP contribution in [0, 0.1) is 5.53 Å². The lowest BCUT2D eigenvalue weighted by molar-refractivity contribution is 0.282. The molecule has 1 aromatic rings. The van der Waals surface area contributed by atoms with Crippen LogP contribution in [0.25, 0.3) is 5.70 Å². The molecule has 0 unspecified atom stereocenters. The fraction of sp³-hybridized carbons (Fsp3) is 0.111. The lowest BCUT2D eigenvalue weighted by Crippen LogP contribution is -1.83. The molecule has 0 atom stereocenters. The highest BCUT2D eigenvalue weighted by atomic mass is 16.3. The third-order valence-corrected chi connectivity index (χ3v) is 1.60. The van der Waals surface area contributed by atoms with Crippen molar-refractivity contribution in [1.82, 2.24) is 0 Å². The van der Waals surface area contributed by atoms with Crippen LogP contribution in [0.3, 0.4) is 0 Å². The highest BCUT2D eigenvalue weighted by molar-refractivity contribution is 5.61. The second kappa shape index (κ2) is 3.78. The predicted molar refractivity (Wildman–Crippen MR) is 46.5 cm³/mol. The monoisotopic (exact) mass is 162 g/mol. The molecule has 0 aliphatic rings. The molecule has 0 fully saturated rings. The summed E-state index contributed by atoms with van der Waals surface area (Å²) in [6.45, 7) is 3.61. The quantitative estimate of drug-likeness (QED) is 0.657. The van der Waals surface area contributed by atoms with Gasteiger partial charge in [-0.25, -0.2) is 5.53 Å². The number of aliphatic hydroxyl groups is 1. The minimum absolute atomic E-state index is 0.0325. The van der Waals surface area contributed by atoms with Crippen LogP contribution in [0.1, 0.15) is 11.1 Å². The Morgan fingerprint density at radius 2 is 2.00 bits per heavy atom. The van der Waals surface area contributed by atoms with Gasteiger partial charge in [-0.2, -0.15) is 5.11 Å². The topological polar surface area (TPSA) is 56.4 Å². The highest BCUT2D eigenvalue weighted by Gasteiger charge is 1.95. The van der Waals surface area contributed by atoms with E-state index in [-0.39, 0.29) is 6.61 Å². The number of nitrogens with one attached hydrogen (secondary N) is 1. The zero-order valence-electron chi connectivity index (χ0n) is 6.62. The van der Waals surface area contributed by atoms with E-state index in [0.717, 1.165) is 11.1 Å². The molecule has 3 heteroatoms. The normalized spacial score (nSPS) is 9.42. The summed E-state index contributed by atoms with van der Waals surface area (Å²) in [6.07, 6.45) is 0. The van der Waals surface area contributed by atoms with Gasteiger partial charge in [-0.1, -0.05) is 30.8 Å². The van der Waals surface area contributed by atoms with Gasteiger partial charge in [0.1, 0.15) is 0 Å². The lowest BCUT2D eigenvalue weighted by atomic mass is 10.1. The van der Waals surface area contributed by atoms with Gasteiger partial charge in [-0.3, -0.25) is 0 Å². The minimum Gasteiger partial charge on any atom is -0.392 e. The van der Waals surface area contributed by atoms with E-state index >= 15 is 0 Å². The third kappa shape index (κ3) is 1.77. The van der Waals surface area contributed by atoms with Crippen LogP contribution in [0.2, 0.25) is 0 Å².